The highest BCUT2D eigenvalue weighted by molar-refractivity contribution is 6.19. The molecule has 2 N–H and O–H groups in total. The van der Waals surface area contributed by atoms with Gasteiger partial charge in [0.05, 0.1) is 5.60 Å². The summed E-state index contributed by atoms with van der Waals surface area (Å²) < 4.78 is 19.7. The van der Waals surface area contributed by atoms with Crippen molar-refractivity contribution in [3.8, 4) is 17.2 Å². The van der Waals surface area contributed by atoms with E-state index in [1.54, 1.807) is 6.08 Å². The highest BCUT2D eigenvalue weighted by Gasteiger charge is 2.84. The molecular formula is C34H42O7. The quantitative estimate of drug-likeness (QED) is 0.379. The summed E-state index contributed by atoms with van der Waals surface area (Å²) in [5.74, 6) is -1.41. The first-order chi connectivity index (χ1) is 19.1. The number of benzene rings is 1. The molecule has 4 atom stereocenters. The Hall–Kier alpha value is -3.16. The Morgan fingerprint density at radius 3 is 2.10 bits per heavy atom. The summed E-state index contributed by atoms with van der Waals surface area (Å²) >= 11 is 0. The van der Waals surface area contributed by atoms with Crippen LogP contribution in [0.5, 0.6) is 17.2 Å². The van der Waals surface area contributed by atoms with Crippen molar-refractivity contribution in [1.82, 2.24) is 0 Å². The van der Waals surface area contributed by atoms with Gasteiger partial charge in [-0.15, -0.1) is 0 Å². The molecule has 5 aliphatic rings. The third-order valence-corrected chi connectivity index (χ3v) is 9.32. The van der Waals surface area contributed by atoms with Crippen LogP contribution in [0, 0.1) is 5.92 Å². The van der Waals surface area contributed by atoms with Gasteiger partial charge >= 0.3 is 0 Å². The van der Waals surface area contributed by atoms with Gasteiger partial charge in [-0.05, 0) is 80.7 Å². The zero-order valence-corrected chi connectivity index (χ0v) is 25.7. The molecule has 2 fully saturated rings. The van der Waals surface area contributed by atoms with E-state index in [-0.39, 0.29) is 65.4 Å². The Labute approximate surface area is 242 Å². The van der Waals surface area contributed by atoms with E-state index in [0.717, 1.165) is 16.7 Å². The van der Waals surface area contributed by atoms with Crippen molar-refractivity contribution in [3.05, 3.63) is 63.3 Å². The minimum atomic E-state index is -1.54. The summed E-state index contributed by atoms with van der Waals surface area (Å²) in [6.45, 7) is 15.5. The number of methoxy groups -OCH3 is 1. The average Bonchev–Trinajstić information content (AvgIpc) is 3.04. The molecule has 7 heteroatoms. The molecule has 41 heavy (non-hydrogen) atoms. The number of carbonyl (C=O) groups excluding carboxylic acids is 2. The number of fused-ring (bicyclic) bond motifs is 1. The van der Waals surface area contributed by atoms with Crippen LogP contribution in [0.2, 0.25) is 0 Å². The lowest BCUT2D eigenvalue weighted by Crippen LogP contribution is -2.77. The number of phenolic OH excluding ortho intramolecular Hbond substituents is 2. The number of aromatic hydroxyl groups is 2. The Morgan fingerprint density at radius 1 is 0.951 bits per heavy atom. The molecule has 4 bridgehead atoms. The van der Waals surface area contributed by atoms with E-state index in [2.05, 4.69) is 0 Å². The standard InChI is InChI=1S/C34H42O7/c1-18(2)10-12-21-26(35)22(13-11-19(3)4)29-25(27(21)36)28(37)23-16-32(39-9)17-24-31(7,8)41-33(30(32)38,15-14-20(5)6)34(23,24)40-29/h10-11,14,16,24,35-36H,12-13,15,17H2,1-9H3/t24-,32+,33+,34?/m0/s1. The van der Waals surface area contributed by atoms with Crippen LogP contribution in [0.1, 0.15) is 89.7 Å². The molecule has 1 aromatic carbocycles. The topological polar surface area (TPSA) is 102 Å². The van der Waals surface area contributed by atoms with E-state index >= 15 is 0 Å². The van der Waals surface area contributed by atoms with Crippen molar-refractivity contribution in [2.24, 2.45) is 5.92 Å². The molecule has 1 saturated carbocycles. The molecule has 7 nitrogen and oxygen atoms in total. The predicted molar refractivity (Wildman–Crippen MR) is 157 cm³/mol. The lowest BCUT2D eigenvalue weighted by molar-refractivity contribution is -0.189. The van der Waals surface area contributed by atoms with Crippen molar-refractivity contribution < 1.29 is 34.0 Å². The Bertz CT molecular complexity index is 1480. The van der Waals surface area contributed by atoms with E-state index in [1.165, 1.54) is 7.11 Å². The van der Waals surface area contributed by atoms with E-state index in [0.29, 0.717) is 5.56 Å². The van der Waals surface area contributed by atoms with Gasteiger partial charge in [0.25, 0.3) is 0 Å². The van der Waals surface area contributed by atoms with Crippen LogP contribution in [-0.4, -0.2) is 51.3 Å². The first kappa shape index (κ1) is 29.3. The van der Waals surface area contributed by atoms with E-state index in [1.807, 2.05) is 73.6 Å². The van der Waals surface area contributed by atoms with Gasteiger partial charge in [-0.2, -0.15) is 0 Å². The largest absolute Gasteiger partial charge is 0.507 e. The maximum atomic E-state index is 14.7. The minimum Gasteiger partial charge on any atom is -0.507 e. The zero-order valence-electron chi connectivity index (χ0n) is 25.7. The summed E-state index contributed by atoms with van der Waals surface area (Å²) in [6.07, 6.45) is 8.41. The van der Waals surface area contributed by atoms with Crippen molar-refractivity contribution in [1.29, 1.82) is 0 Å². The van der Waals surface area contributed by atoms with E-state index in [4.69, 9.17) is 14.2 Å². The summed E-state index contributed by atoms with van der Waals surface area (Å²) in [4.78, 5) is 29.2. The molecule has 1 unspecified atom stereocenters. The number of allylic oxidation sites excluding steroid dienone is 5. The lowest BCUT2D eigenvalue weighted by atomic mass is 9.49. The predicted octanol–water partition coefficient (Wildman–Crippen LogP) is 6.25. The van der Waals surface area contributed by atoms with Gasteiger partial charge in [0.2, 0.25) is 5.78 Å². The normalized spacial score (nSPS) is 30.2. The van der Waals surface area contributed by atoms with E-state index < -0.39 is 34.1 Å². The fourth-order valence-corrected chi connectivity index (χ4v) is 7.32. The molecule has 1 saturated heterocycles. The summed E-state index contributed by atoms with van der Waals surface area (Å²) in [5, 5.41) is 23.1. The van der Waals surface area contributed by atoms with Gasteiger partial charge in [0, 0.05) is 36.1 Å². The van der Waals surface area contributed by atoms with Gasteiger partial charge in [-0.3, -0.25) is 9.59 Å². The van der Waals surface area contributed by atoms with Crippen LogP contribution >= 0.6 is 0 Å². The van der Waals surface area contributed by atoms with Crippen LogP contribution < -0.4 is 4.74 Å². The fourth-order valence-electron chi connectivity index (χ4n) is 7.32. The Morgan fingerprint density at radius 2 is 1.54 bits per heavy atom. The summed E-state index contributed by atoms with van der Waals surface area (Å²) in [7, 11) is 1.49. The molecule has 220 valence electrons. The van der Waals surface area contributed by atoms with Crippen LogP contribution in [-0.2, 0) is 27.1 Å². The highest BCUT2D eigenvalue weighted by Crippen LogP contribution is 2.69. The summed E-state index contributed by atoms with van der Waals surface area (Å²) in [6, 6.07) is 0. The molecule has 1 aromatic rings. The van der Waals surface area contributed by atoms with E-state index in [9.17, 15) is 19.8 Å². The third-order valence-electron chi connectivity index (χ3n) is 9.32. The maximum absolute atomic E-state index is 14.7. The Balaban J connectivity index is 1.87. The van der Waals surface area contributed by atoms with Crippen LogP contribution in [0.3, 0.4) is 0 Å². The molecule has 2 aliphatic heterocycles. The van der Waals surface area contributed by atoms with Gasteiger partial charge < -0.3 is 24.4 Å². The third kappa shape index (κ3) is 3.85. The molecule has 3 aliphatic carbocycles. The number of hydrogen-bond acceptors (Lipinski definition) is 7. The smallest absolute Gasteiger partial charge is 0.205 e. The van der Waals surface area contributed by atoms with Crippen LogP contribution in [0.4, 0.5) is 0 Å². The molecule has 0 amide bonds. The van der Waals surface area contributed by atoms with Gasteiger partial charge in [-0.1, -0.05) is 34.9 Å². The number of rotatable bonds is 7. The molecule has 6 rings (SSSR count). The average molecular weight is 563 g/mol. The molecule has 1 spiro atoms. The van der Waals surface area contributed by atoms with Crippen molar-refractivity contribution in [3.63, 3.8) is 0 Å². The Kier molecular flexibility index (Phi) is 6.75. The number of Topliss-reactive ketones (excluding diaryl/α,β-unsaturated/α-hetero) is 2. The van der Waals surface area contributed by atoms with Crippen LogP contribution in [0.25, 0.3) is 0 Å². The number of carbonyl (C=O) groups is 2. The van der Waals surface area contributed by atoms with Crippen molar-refractivity contribution in [2.45, 2.75) is 103 Å². The monoisotopic (exact) mass is 562 g/mol. The van der Waals surface area contributed by atoms with Gasteiger partial charge in [0.15, 0.2) is 17.0 Å². The van der Waals surface area contributed by atoms with Gasteiger partial charge in [0.1, 0.15) is 28.4 Å². The number of ketones is 2. The highest BCUT2D eigenvalue weighted by atomic mass is 16.6. The molecule has 0 aromatic heterocycles. The second-order valence-electron chi connectivity index (χ2n) is 13.3. The van der Waals surface area contributed by atoms with Gasteiger partial charge in [-0.25, -0.2) is 0 Å². The number of ether oxygens (including phenoxy) is 3. The zero-order chi connectivity index (χ0) is 30.3. The van der Waals surface area contributed by atoms with Crippen molar-refractivity contribution >= 4 is 11.6 Å². The van der Waals surface area contributed by atoms with Crippen LogP contribution in [0.15, 0.2) is 46.6 Å². The maximum Gasteiger partial charge on any atom is 0.205 e. The lowest BCUT2D eigenvalue weighted by Gasteiger charge is -2.59. The fraction of sp³-hybridized carbons (Fsp3) is 0.529. The number of hydrogen-bond donors (Lipinski definition) is 2. The first-order valence-corrected chi connectivity index (χ1v) is 14.4. The SMILES string of the molecule is CO[C@]12C=C3C(=O)c4c(O)c(CC=C(C)C)c(O)c(CC=C(C)C)c4OC34[C@@H](C1)C(C)(C)O[C@]4(CC=C(C)C)C2=O. The second kappa shape index (κ2) is 9.43. The second-order valence-corrected chi connectivity index (χ2v) is 13.3. The summed E-state index contributed by atoms with van der Waals surface area (Å²) in [5.41, 5.74) is -1.18. The molecule has 2 heterocycles. The molecular weight excluding hydrogens is 520 g/mol. The minimum absolute atomic E-state index is 0.00908. The first-order valence-electron chi connectivity index (χ1n) is 14.4. The molecule has 0 radical (unpaired) electrons. The van der Waals surface area contributed by atoms with Crippen molar-refractivity contribution in [2.75, 3.05) is 7.11 Å². The number of phenols is 2.